The Hall–Kier alpha value is -5.89. The number of benzene rings is 6. The number of hydrogen-bond donors (Lipinski definition) is 0. The molecule has 0 unspecified atom stereocenters. The van der Waals surface area contributed by atoms with Crippen LogP contribution in [0.5, 0.6) is 0 Å². The molecule has 0 N–H and O–H groups in total. The molecule has 0 saturated carbocycles. The summed E-state index contributed by atoms with van der Waals surface area (Å²) in [7, 11) is 0. The van der Waals surface area contributed by atoms with Crippen LogP contribution < -0.4 is 0 Å². The quantitative estimate of drug-likeness (QED) is 0.200. The van der Waals surface area contributed by atoms with E-state index in [2.05, 4.69) is 97.1 Å². The molecule has 3 nitrogen and oxygen atoms in total. The molecule has 210 valence electrons. The lowest BCUT2D eigenvalue weighted by Gasteiger charge is -2.16. The van der Waals surface area contributed by atoms with Gasteiger partial charge in [-0.05, 0) is 35.4 Å². The van der Waals surface area contributed by atoms with E-state index in [9.17, 15) is 5.26 Å². The molecule has 2 heterocycles. The van der Waals surface area contributed by atoms with Crippen molar-refractivity contribution in [2.24, 2.45) is 0 Å². The van der Waals surface area contributed by atoms with Gasteiger partial charge in [0, 0.05) is 42.4 Å². The zero-order valence-corrected chi connectivity index (χ0v) is 25.0. The van der Waals surface area contributed by atoms with Crippen LogP contribution in [0.25, 0.3) is 76.3 Å². The third-order valence-electron chi connectivity index (χ3n) is 8.15. The number of fused-ring (bicyclic) bond motifs is 3. The van der Waals surface area contributed by atoms with Crippen LogP contribution in [-0.4, -0.2) is 9.97 Å². The van der Waals surface area contributed by atoms with Crippen molar-refractivity contribution in [3.05, 3.63) is 157 Å². The average Bonchev–Trinajstić information content (AvgIpc) is 3.50. The van der Waals surface area contributed by atoms with Gasteiger partial charge in [-0.15, -0.1) is 11.3 Å². The summed E-state index contributed by atoms with van der Waals surface area (Å²) >= 11 is 1.81. The normalized spacial score (nSPS) is 11.1. The second-order valence-electron chi connectivity index (χ2n) is 10.9. The first-order chi connectivity index (χ1) is 22.2. The van der Waals surface area contributed by atoms with Gasteiger partial charge in [-0.1, -0.05) is 127 Å². The summed E-state index contributed by atoms with van der Waals surface area (Å²) in [5, 5.41) is 11.7. The molecule has 6 aromatic carbocycles. The van der Waals surface area contributed by atoms with E-state index in [1.54, 1.807) is 11.3 Å². The van der Waals surface area contributed by atoms with Gasteiger partial charge in [-0.25, -0.2) is 9.97 Å². The molecule has 8 aromatic rings. The Bertz CT molecular complexity index is 2350. The van der Waals surface area contributed by atoms with Crippen LogP contribution in [0.2, 0.25) is 0 Å². The molecule has 4 heteroatoms. The molecule has 0 radical (unpaired) electrons. The van der Waals surface area contributed by atoms with E-state index in [1.165, 1.54) is 20.2 Å². The van der Waals surface area contributed by atoms with Gasteiger partial charge in [0.2, 0.25) is 0 Å². The fourth-order valence-electron chi connectivity index (χ4n) is 5.86. The lowest BCUT2D eigenvalue weighted by molar-refractivity contribution is 1.22. The van der Waals surface area contributed by atoms with Crippen molar-refractivity contribution in [1.29, 1.82) is 5.26 Å². The van der Waals surface area contributed by atoms with E-state index in [1.807, 2.05) is 60.7 Å². The van der Waals surface area contributed by atoms with Crippen molar-refractivity contribution in [2.75, 3.05) is 0 Å². The Morgan fingerprint density at radius 1 is 0.400 bits per heavy atom. The van der Waals surface area contributed by atoms with Crippen LogP contribution in [0, 0.1) is 11.3 Å². The van der Waals surface area contributed by atoms with E-state index in [4.69, 9.17) is 9.97 Å². The Balaban J connectivity index is 1.35. The number of rotatable bonds is 5. The van der Waals surface area contributed by atoms with E-state index in [0.29, 0.717) is 5.56 Å². The summed E-state index contributed by atoms with van der Waals surface area (Å²) in [6.07, 6.45) is 0. The monoisotopic (exact) mass is 591 g/mol. The standard InChI is InChI=1S/C41H25N3S/c42-26-27-15-17-28(18-16-27)29-19-21-32(22-20-29)40-41(33-23-24-35-34-13-7-8-14-36(34)45-37(35)25-33)44-39(31-11-5-2-6-12-31)38(43-40)30-9-3-1-4-10-30/h1-25H. The molecule has 0 amide bonds. The van der Waals surface area contributed by atoms with E-state index >= 15 is 0 Å². The summed E-state index contributed by atoms with van der Waals surface area (Å²) in [6.45, 7) is 0. The fraction of sp³-hybridized carbons (Fsp3) is 0. The maximum Gasteiger partial charge on any atom is 0.0991 e. The first-order valence-electron chi connectivity index (χ1n) is 14.8. The molecule has 0 aliphatic rings. The second kappa shape index (κ2) is 11.3. The Morgan fingerprint density at radius 2 is 0.844 bits per heavy atom. The minimum absolute atomic E-state index is 0.651. The molecule has 8 rings (SSSR count). The van der Waals surface area contributed by atoms with Crippen LogP contribution in [0.4, 0.5) is 0 Å². The second-order valence-corrected chi connectivity index (χ2v) is 12.0. The molecule has 45 heavy (non-hydrogen) atoms. The number of nitrogens with zero attached hydrogens (tertiary/aromatic N) is 3. The molecular formula is C41H25N3S. The first-order valence-corrected chi connectivity index (χ1v) is 15.6. The largest absolute Gasteiger partial charge is 0.243 e. The minimum atomic E-state index is 0.651. The predicted molar refractivity (Wildman–Crippen MR) is 187 cm³/mol. The lowest BCUT2D eigenvalue weighted by Crippen LogP contribution is -2.00. The number of aromatic nitrogens is 2. The third-order valence-corrected chi connectivity index (χ3v) is 9.28. The highest BCUT2D eigenvalue weighted by molar-refractivity contribution is 7.25. The first kappa shape index (κ1) is 26.7. The lowest BCUT2D eigenvalue weighted by atomic mass is 9.97. The Morgan fingerprint density at radius 3 is 1.44 bits per heavy atom. The van der Waals surface area contributed by atoms with Crippen molar-refractivity contribution in [2.45, 2.75) is 0 Å². The maximum atomic E-state index is 9.21. The average molecular weight is 592 g/mol. The topological polar surface area (TPSA) is 49.6 Å². The summed E-state index contributed by atoms with van der Waals surface area (Å²) in [5.74, 6) is 0. The fourth-order valence-corrected chi connectivity index (χ4v) is 7.01. The molecule has 0 bridgehead atoms. The molecule has 0 saturated heterocycles. The maximum absolute atomic E-state index is 9.21. The molecule has 0 aliphatic heterocycles. The van der Waals surface area contributed by atoms with Crippen molar-refractivity contribution in [3.8, 4) is 62.2 Å². The molecular weight excluding hydrogens is 567 g/mol. The van der Waals surface area contributed by atoms with Crippen LogP contribution in [0.3, 0.4) is 0 Å². The van der Waals surface area contributed by atoms with Crippen molar-refractivity contribution < 1.29 is 0 Å². The molecule has 0 aliphatic carbocycles. The van der Waals surface area contributed by atoms with Crippen LogP contribution in [-0.2, 0) is 0 Å². The Kier molecular flexibility index (Phi) is 6.72. The highest BCUT2D eigenvalue weighted by Crippen LogP contribution is 2.41. The number of thiophene rings is 1. The summed E-state index contributed by atoms with van der Waals surface area (Å²) in [4.78, 5) is 10.9. The van der Waals surface area contributed by atoms with Crippen LogP contribution >= 0.6 is 11.3 Å². The minimum Gasteiger partial charge on any atom is -0.243 e. The summed E-state index contributed by atoms with van der Waals surface area (Å²) in [6, 6.07) is 54.2. The van der Waals surface area contributed by atoms with Gasteiger partial charge in [0.15, 0.2) is 0 Å². The highest BCUT2D eigenvalue weighted by atomic mass is 32.1. The van der Waals surface area contributed by atoms with E-state index in [-0.39, 0.29) is 0 Å². The van der Waals surface area contributed by atoms with E-state index < -0.39 is 0 Å². The Labute approximate surface area is 265 Å². The molecule has 2 aromatic heterocycles. The molecule has 0 fully saturated rings. The van der Waals surface area contributed by atoms with Crippen molar-refractivity contribution in [3.63, 3.8) is 0 Å². The van der Waals surface area contributed by atoms with Gasteiger partial charge < -0.3 is 0 Å². The number of hydrogen-bond acceptors (Lipinski definition) is 4. The SMILES string of the molecule is N#Cc1ccc(-c2ccc(-c3nc(-c4ccccc4)c(-c4ccccc4)nc3-c3ccc4c(c3)sc3ccccc34)cc2)cc1. The van der Waals surface area contributed by atoms with Gasteiger partial charge in [-0.2, -0.15) is 5.26 Å². The third kappa shape index (κ3) is 4.96. The van der Waals surface area contributed by atoms with Gasteiger partial charge in [0.25, 0.3) is 0 Å². The summed E-state index contributed by atoms with van der Waals surface area (Å²) in [5.41, 5.74) is 10.2. The van der Waals surface area contributed by atoms with Crippen molar-refractivity contribution >= 4 is 31.5 Å². The molecule has 0 spiro atoms. The molecule has 0 atom stereocenters. The van der Waals surface area contributed by atoms with Crippen LogP contribution in [0.1, 0.15) is 5.56 Å². The zero-order valence-electron chi connectivity index (χ0n) is 24.2. The predicted octanol–water partition coefficient (Wildman–Crippen LogP) is 11.1. The van der Waals surface area contributed by atoms with Crippen LogP contribution in [0.15, 0.2) is 152 Å². The smallest absolute Gasteiger partial charge is 0.0991 e. The summed E-state index contributed by atoms with van der Waals surface area (Å²) < 4.78 is 2.50. The van der Waals surface area contributed by atoms with Gasteiger partial charge in [0.05, 0.1) is 34.4 Å². The van der Waals surface area contributed by atoms with Gasteiger partial charge in [0.1, 0.15) is 0 Å². The van der Waals surface area contributed by atoms with Gasteiger partial charge >= 0.3 is 0 Å². The number of nitriles is 1. The van der Waals surface area contributed by atoms with E-state index in [0.717, 1.165) is 56.2 Å². The highest BCUT2D eigenvalue weighted by Gasteiger charge is 2.20. The zero-order chi connectivity index (χ0) is 30.2. The van der Waals surface area contributed by atoms with Gasteiger partial charge in [-0.3, -0.25) is 0 Å². The van der Waals surface area contributed by atoms with Crippen molar-refractivity contribution in [1.82, 2.24) is 9.97 Å².